The normalized spacial score (nSPS) is 10.6. The molecule has 1 aromatic heterocycles. The second kappa shape index (κ2) is 7.40. The van der Waals surface area contributed by atoms with E-state index in [9.17, 15) is 9.90 Å². The predicted molar refractivity (Wildman–Crippen MR) is 98.0 cm³/mol. The third kappa shape index (κ3) is 4.39. The van der Waals surface area contributed by atoms with Crippen molar-refractivity contribution in [1.82, 2.24) is 9.78 Å². The fraction of sp³-hybridized carbons (Fsp3) is 0.158. The number of carbonyl (C=O) groups excluding carboxylic acids is 1. The molecule has 128 valence electrons. The molecular weight excluding hydrogens is 338 g/mol. The highest BCUT2D eigenvalue weighted by Gasteiger charge is 2.11. The van der Waals surface area contributed by atoms with E-state index >= 15 is 0 Å². The number of phenols is 1. The van der Waals surface area contributed by atoms with Crippen molar-refractivity contribution in [1.29, 1.82) is 0 Å². The quantitative estimate of drug-likeness (QED) is 0.732. The molecule has 0 aliphatic carbocycles. The Kier molecular flexibility index (Phi) is 5.05. The van der Waals surface area contributed by atoms with Crippen LogP contribution in [0.15, 0.2) is 54.6 Å². The molecule has 0 spiro atoms. The van der Waals surface area contributed by atoms with Gasteiger partial charge in [0.1, 0.15) is 5.75 Å². The van der Waals surface area contributed by atoms with Crippen LogP contribution in [-0.4, -0.2) is 20.8 Å². The molecule has 0 fully saturated rings. The summed E-state index contributed by atoms with van der Waals surface area (Å²) in [5.74, 6) is 0.523. The SMILES string of the molecule is Cc1cc(NC(=O)Cc2ccccc2)nn1Cc1cc(Cl)ccc1O. The fourth-order valence-corrected chi connectivity index (χ4v) is 2.74. The second-order valence-corrected chi connectivity index (χ2v) is 6.25. The van der Waals surface area contributed by atoms with Crippen LogP contribution < -0.4 is 5.32 Å². The number of hydrogen-bond acceptors (Lipinski definition) is 3. The molecule has 0 saturated heterocycles. The van der Waals surface area contributed by atoms with Crippen LogP contribution in [0, 0.1) is 6.92 Å². The van der Waals surface area contributed by atoms with Crippen molar-refractivity contribution in [2.45, 2.75) is 19.9 Å². The van der Waals surface area contributed by atoms with E-state index in [1.165, 1.54) is 0 Å². The predicted octanol–water partition coefficient (Wildman–Crippen LogP) is 3.78. The Morgan fingerprint density at radius 1 is 1.20 bits per heavy atom. The first-order chi connectivity index (χ1) is 12.0. The van der Waals surface area contributed by atoms with E-state index in [1.54, 1.807) is 28.9 Å². The van der Waals surface area contributed by atoms with Crippen molar-refractivity contribution in [3.63, 3.8) is 0 Å². The maximum absolute atomic E-state index is 12.1. The summed E-state index contributed by atoms with van der Waals surface area (Å²) in [6, 6.07) is 16.2. The number of aromatic nitrogens is 2. The Morgan fingerprint density at radius 2 is 1.96 bits per heavy atom. The molecule has 0 bridgehead atoms. The molecule has 0 saturated carbocycles. The highest BCUT2D eigenvalue weighted by Crippen LogP contribution is 2.23. The Bertz CT molecular complexity index is 891. The summed E-state index contributed by atoms with van der Waals surface area (Å²) in [5, 5.41) is 17.7. The molecule has 6 heteroatoms. The lowest BCUT2D eigenvalue weighted by Gasteiger charge is -2.07. The molecule has 0 aliphatic rings. The van der Waals surface area contributed by atoms with Gasteiger partial charge in [-0.3, -0.25) is 9.48 Å². The van der Waals surface area contributed by atoms with Gasteiger partial charge in [0.25, 0.3) is 0 Å². The Morgan fingerprint density at radius 3 is 2.72 bits per heavy atom. The van der Waals surface area contributed by atoms with Crippen molar-refractivity contribution < 1.29 is 9.90 Å². The lowest BCUT2D eigenvalue weighted by Crippen LogP contribution is -2.15. The number of amides is 1. The molecule has 3 aromatic rings. The number of hydrogen-bond donors (Lipinski definition) is 2. The van der Waals surface area contributed by atoms with Crippen molar-refractivity contribution >= 4 is 23.3 Å². The minimum atomic E-state index is -0.124. The second-order valence-electron chi connectivity index (χ2n) is 5.81. The molecule has 5 nitrogen and oxygen atoms in total. The highest BCUT2D eigenvalue weighted by molar-refractivity contribution is 6.30. The van der Waals surface area contributed by atoms with Gasteiger partial charge in [-0.15, -0.1) is 0 Å². The third-order valence-corrected chi connectivity index (χ3v) is 4.05. The average molecular weight is 356 g/mol. The van der Waals surface area contributed by atoms with Gasteiger partial charge in [0.15, 0.2) is 5.82 Å². The highest BCUT2D eigenvalue weighted by atomic mass is 35.5. The fourth-order valence-electron chi connectivity index (χ4n) is 2.54. The Hall–Kier alpha value is -2.79. The smallest absolute Gasteiger partial charge is 0.229 e. The van der Waals surface area contributed by atoms with E-state index in [4.69, 9.17) is 11.6 Å². The van der Waals surface area contributed by atoms with Gasteiger partial charge >= 0.3 is 0 Å². The Balaban J connectivity index is 1.70. The summed E-state index contributed by atoms with van der Waals surface area (Å²) < 4.78 is 1.71. The number of halogens is 1. The zero-order chi connectivity index (χ0) is 17.8. The number of nitrogens with zero attached hydrogens (tertiary/aromatic N) is 2. The van der Waals surface area contributed by atoms with Crippen LogP contribution in [0.25, 0.3) is 0 Å². The molecule has 0 aliphatic heterocycles. The molecular formula is C19H18ClN3O2. The first-order valence-corrected chi connectivity index (χ1v) is 8.24. The number of aromatic hydroxyl groups is 1. The van der Waals surface area contributed by atoms with Crippen LogP contribution >= 0.6 is 11.6 Å². The minimum absolute atomic E-state index is 0.124. The Labute approximate surface area is 150 Å². The van der Waals surface area contributed by atoms with Crippen molar-refractivity contribution in [2.24, 2.45) is 0 Å². The van der Waals surface area contributed by atoms with Gasteiger partial charge in [0, 0.05) is 22.3 Å². The van der Waals surface area contributed by atoms with E-state index in [0.717, 1.165) is 11.3 Å². The molecule has 0 unspecified atom stereocenters. The van der Waals surface area contributed by atoms with E-state index in [-0.39, 0.29) is 11.7 Å². The number of anilines is 1. The van der Waals surface area contributed by atoms with E-state index in [0.29, 0.717) is 29.4 Å². The minimum Gasteiger partial charge on any atom is -0.508 e. The monoisotopic (exact) mass is 355 g/mol. The van der Waals surface area contributed by atoms with Gasteiger partial charge in [-0.05, 0) is 30.7 Å². The zero-order valence-electron chi connectivity index (χ0n) is 13.7. The molecule has 0 atom stereocenters. The summed E-state index contributed by atoms with van der Waals surface area (Å²) in [6.45, 7) is 2.26. The van der Waals surface area contributed by atoms with E-state index < -0.39 is 0 Å². The maximum Gasteiger partial charge on any atom is 0.229 e. The number of rotatable bonds is 5. The summed E-state index contributed by atoms with van der Waals surface area (Å²) in [4.78, 5) is 12.1. The molecule has 0 radical (unpaired) electrons. The van der Waals surface area contributed by atoms with Gasteiger partial charge < -0.3 is 10.4 Å². The van der Waals surface area contributed by atoms with E-state index in [1.807, 2.05) is 37.3 Å². The van der Waals surface area contributed by atoms with Gasteiger partial charge in [-0.25, -0.2) is 0 Å². The maximum atomic E-state index is 12.1. The van der Waals surface area contributed by atoms with Gasteiger partial charge in [-0.1, -0.05) is 41.9 Å². The van der Waals surface area contributed by atoms with Crippen molar-refractivity contribution in [2.75, 3.05) is 5.32 Å². The molecule has 1 amide bonds. The third-order valence-electron chi connectivity index (χ3n) is 3.82. The van der Waals surface area contributed by atoms with E-state index in [2.05, 4.69) is 10.4 Å². The number of nitrogens with one attached hydrogen (secondary N) is 1. The zero-order valence-corrected chi connectivity index (χ0v) is 14.5. The largest absolute Gasteiger partial charge is 0.508 e. The summed E-state index contributed by atoms with van der Waals surface area (Å²) in [5.41, 5.74) is 2.48. The molecule has 1 heterocycles. The van der Waals surface area contributed by atoms with Crippen LogP contribution in [0.1, 0.15) is 16.8 Å². The number of aryl methyl sites for hydroxylation is 1. The average Bonchev–Trinajstić information content (AvgIpc) is 2.91. The number of benzene rings is 2. The first-order valence-electron chi connectivity index (χ1n) is 7.87. The van der Waals surface area contributed by atoms with Crippen LogP contribution in [0.4, 0.5) is 5.82 Å². The molecule has 2 N–H and O–H groups in total. The van der Waals surface area contributed by atoms with Crippen LogP contribution in [-0.2, 0) is 17.8 Å². The summed E-state index contributed by atoms with van der Waals surface area (Å²) in [7, 11) is 0. The van der Waals surface area contributed by atoms with Gasteiger partial charge in [0.05, 0.1) is 13.0 Å². The molecule has 25 heavy (non-hydrogen) atoms. The van der Waals surface area contributed by atoms with Crippen molar-refractivity contribution in [3.05, 3.63) is 76.4 Å². The van der Waals surface area contributed by atoms with Crippen molar-refractivity contribution in [3.8, 4) is 5.75 Å². The standard InChI is InChI=1S/C19H18ClN3O2/c1-13-9-18(21-19(25)10-14-5-3-2-4-6-14)22-23(13)12-15-11-16(20)7-8-17(15)24/h2-9,11,24H,10,12H2,1H3,(H,21,22,25). The lowest BCUT2D eigenvalue weighted by molar-refractivity contribution is -0.115. The van der Waals surface area contributed by atoms with Crippen LogP contribution in [0.5, 0.6) is 5.75 Å². The van der Waals surface area contributed by atoms with Gasteiger partial charge in [0.2, 0.25) is 5.91 Å². The summed E-state index contributed by atoms with van der Waals surface area (Å²) >= 11 is 5.98. The summed E-state index contributed by atoms with van der Waals surface area (Å²) in [6.07, 6.45) is 0.293. The lowest BCUT2D eigenvalue weighted by atomic mass is 10.1. The molecule has 2 aromatic carbocycles. The first kappa shape index (κ1) is 17.0. The van der Waals surface area contributed by atoms with Crippen LogP contribution in [0.2, 0.25) is 5.02 Å². The van der Waals surface area contributed by atoms with Gasteiger partial charge in [-0.2, -0.15) is 5.10 Å². The number of carbonyl (C=O) groups is 1. The topological polar surface area (TPSA) is 67.2 Å². The van der Waals surface area contributed by atoms with Crippen LogP contribution in [0.3, 0.4) is 0 Å². The number of phenolic OH excluding ortho intramolecular Hbond substituents is 1. The molecule has 3 rings (SSSR count).